The van der Waals surface area contributed by atoms with Crippen molar-refractivity contribution in [1.29, 1.82) is 0 Å². The first kappa shape index (κ1) is 16.7. The Hall–Kier alpha value is -0.620. The van der Waals surface area contributed by atoms with E-state index in [9.17, 15) is 0 Å². The van der Waals surface area contributed by atoms with Gasteiger partial charge < -0.3 is 15.4 Å². The average Bonchev–Trinajstić information content (AvgIpc) is 2.49. The third-order valence-corrected chi connectivity index (χ3v) is 4.69. The van der Waals surface area contributed by atoms with Crippen molar-refractivity contribution in [2.75, 3.05) is 38.6 Å². The highest BCUT2D eigenvalue weighted by molar-refractivity contribution is 7.98. The van der Waals surface area contributed by atoms with Crippen LogP contribution < -0.4 is 5.73 Å². The van der Waals surface area contributed by atoms with E-state index >= 15 is 0 Å². The maximum absolute atomic E-state index is 6.13. The van der Waals surface area contributed by atoms with Crippen molar-refractivity contribution in [3.05, 3.63) is 33.8 Å². The fourth-order valence-corrected chi connectivity index (χ4v) is 3.33. The van der Waals surface area contributed by atoms with Gasteiger partial charge in [-0.15, -0.1) is 0 Å². The van der Waals surface area contributed by atoms with Gasteiger partial charge >= 0.3 is 0 Å². The summed E-state index contributed by atoms with van der Waals surface area (Å²) in [6, 6.07) is 5.59. The molecule has 1 aromatic rings. The van der Waals surface area contributed by atoms with Gasteiger partial charge in [-0.2, -0.15) is 11.8 Å². The van der Waals surface area contributed by atoms with Crippen LogP contribution in [0.25, 0.3) is 0 Å². The number of guanidine groups is 1. The van der Waals surface area contributed by atoms with Crippen molar-refractivity contribution in [3.63, 3.8) is 0 Å². The van der Waals surface area contributed by atoms with E-state index in [-0.39, 0.29) is 0 Å². The Kier molecular flexibility index (Phi) is 6.96. The Morgan fingerprint density at radius 2 is 2.10 bits per heavy atom. The topological polar surface area (TPSA) is 50.8 Å². The number of nitrogens with zero attached hydrogens (tertiary/aromatic N) is 2. The summed E-state index contributed by atoms with van der Waals surface area (Å²) in [6.45, 7) is 3.80. The van der Waals surface area contributed by atoms with Gasteiger partial charge in [0.15, 0.2) is 5.96 Å². The number of thioether (sulfide) groups is 1. The van der Waals surface area contributed by atoms with Gasteiger partial charge in [0.05, 0.1) is 19.8 Å². The Balaban J connectivity index is 1.69. The molecule has 0 spiro atoms. The van der Waals surface area contributed by atoms with E-state index < -0.39 is 0 Å². The second-order valence-corrected chi connectivity index (χ2v) is 6.58. The van der Waals surface area contributed by atoms with Crippen LogP contribution in [0.15, 0.2) is 23.2 Å². The summed E-state index contributed by atoms with van der Waals surface area (Å²) in [6.07, 6.45) is 0. The summed E-state index contributed by atoms with van der Waals surface area (Å²) in [5.41, 5.74) is 7.05. The fourth-order valence-electron chi connectivity index (χ4n) is 1.94. The van der Waals surface area contributed by atoms with Crippen LogP contribution in [0, 0.1) is 0 Å². The summed E-state index contributed by atoms with van der Waals surface area (Å²) < 4.78 is 5.28. The van der Waals surface area contributed by atoms with E-state index in [0.717, 1.165) is 43.4 Å². The van der Waals surface area contributed by atoms with E-state index in [0.29, 0.717) is 22.5 Å². The molecule has 1 heterocycles. The van der Waals surface area contributed by atoms with Gasteiger partial charge in [-0.25, -0.2) is 0 Å². The van der Waals surface area contributed by atoms with Gasteiger partial charge in [-0.3, -0.25) is 4.99 Å². The maximum Gasteiger partial charge on any atom is 0.191 e. The van der Waals surface area contributed by atoms with E-state index in [2.05, 4.69) is 9.89 Å². The summed E-state index contributed by atoms with van der Waals surface area (Å²) in [4.78, 5) is 6.47. The van der Waals surface area contributed by atoms with E-state index in [1.165, 1.54) is 0 Å². The largest absolute Gasteiger partial charge is 0.378 e. The quantitative estimate of drug-likeness (QED) is 0.505. The van der Waals surface area contributed by atoms with Gasteiger partial charge in [0.2, 0.25) is 0 Å². The molecule has 21 heavy (non-hydrogen) atoms. The number of aliphatic imine (C=N–C) groups is 1. The summed E-state index contributed by atoms with van der Waals surface area (Å²) in [5, 5.41) is 1.38. The third kappa shape index (κ3) is 5.58. The van der Waals surface area contributed by atoms with Crippen LogP contribution in [0.3, 0.4) is 0 Å². The second-order valence-electron chi connectivity index (χ2n) is 4.63. The van der Waals surface area contributed by atoms with Crippen LogP contribution in [0.1, 0.15) is 5.56 Å². The van der Waals surface area contributed by atoms with Gasteiger partial charge in [-0.05, 0) is 17.7 Å². The molecule has 0 atom stereocenters. The first-order chi connectivity index (χ1) is 10.2. The number of rotatable bonds is 5. The van der Waals surface area contributed by atoms with Gasteiger partial charge in [0.25, 0.3) is 0 Å². The molecule has 2 N–H and O–H groups in total. The van der Waals surface area contributed by atoms with Crippen LogP contribution in [-0.2, 0) is 10.5 Å². The van der Waals surface area contributed by atoms with Crippen molar-refractivity contribution in [1.82, 2.24) is 4.90 Å². The Morgan fingerprint density at radius 1 is 1.33 bits per heavy atom. The zero-order valence-corrected chi connectivity index (χ0v) is 14.1. The predicted octanol–water partition coefficient (Wildman–Crippen LogP) is 2.87. The molecule has 1 saturated heterocycles. The highest BCUT2D eigenvalue weighted by atomic mass is 35.5. The summed E-state index contributed by atoms with van der Waals surface area (Å²) in [7, 11) is 0. The fraction of sp³-hybridized carbons (Fsp3) is 0.500. The second kappa shape index (κ2) is 8.73. The predicted molar refractivity (Wildman–Crippen MR) is 91.5 cm³/mol. The van der Waals surface area contributed by atoms with Crippen LogP contribution in [-0.4, -0.2) is 49.5 Å². The minimum absolute atomic E-state index is 0.614. The number of hydrogen-bond acceptors (Lipinski definition) is 3. The molecular weight excluding hydrogens is 329 g/mol. The van der Waals surface area contributed by atoms with Crippen LogP contribution >= 0.6 is 35.0 Å². The Morgan fingerprint density at radius 3 is 2.81 bits per heavy atom. The molecule has 0 saturated carbocycles. The minimum atomic E-state index is 0.614. The molecule has 1 aliphatic heterocycles. The van der Waals surface area contributed by atoms with Crippen LogP contribution in [0.2, 0.25) is 10.0 Å². The lowest BCUT2D eigenvalue weighted by Crippen LogP contribution is -2.44. The molecule has 1 fully saturated rings. The lowest BCUT2D eigenvalue weighted by molar-refractivity contribution is 0.0674. The zero-order valence-electron chi connectivity index (χ0n) is 11.7. The highest BCUT2D eigenvalue weighted by Crippen LogP contribution is 2.24. The van der Waals surface area contributed by atoms with E-state index in [1.54, 1.807) is 17.8 Å². The number of benzene rings is 1. The van der Waals surface area contributed by atoms with Gasteiger partial charge in [0.1, 0.15) is 0 Å². The molecule has 0 unspecified atom stereocenters. The normalized spacial score (nSPS) is 16.3. The maximum atomic E-state index is 6.13. The van der Waals surface area contributed by atoms with Crippen molar-refractivity contribution in [2.45, 2.75) is 5.75 Å². The molecule has 116 valence electrons. The Labute approximate surface area is 139 Å². The van der Waals surface area contributed by atoms with Gasteiger partial charge in [-0.1, -0.05) is 29.3 Å². The Bertz CT molecular complexity index is 493. The molecule has 1 aliphatic rings. The number of ether oxygens (including phenoxy) is 1. The molecule has 1 aromatic carbocycles. The lowest BCUT2D eigenvalue weighted by atomic mass is 10.2. The smallest absolute Gasteiger partial charge is 0.191 e. The van der Waals surface area contributed by atoms with E-state index in [1.807, 2.05) is 12.1 Å². The average molecular weight is 348 g/mol. The summed E-state index contributed by atoms with van der Waals surface area (Å²) in [5.74, 6) is 2.37. The van der Waals surface area contributed by atoms with Gasteiger partial charge in [0, 0.05) is 34.6 Å². The minimum Gasteiger partial charge on any atom is -0.378 e. The first-order valence-electron chi connectivity index (χ1n) is 6.81. The SMILES string of the molecule is NC(=NCCSCc1ccc(Cl)cc1Cl)N1CCOCC1. The molecule has 4 nitrogen and oxygen atoms in total. The van der Waals surface area contributed by atoms with E-state index in [4.69, 9.17) is 33.7 Å². The lowest BCUT2D eigenvalue weighted by Gasteiger charge is -2.27. The van der Waals surface area contributed by atoms with Crippen LogP contribution in [0.5, 0.6) is 0 Å². The van der Waals surface area contributed by atoms with Crippen molar-refractivity contribution < 1.29 is 4.74 Å². The van der Waals surface area contributed by atoms with Crippen molar-refractivity contribution >= 4 is 40.9 Å². The molecule has 0 aliphatic carbocycles. The number of hydrogen-bond donors (Lipinski definition) is 1. The standard InChI is InChI=1S/C14H19Cl2N3OS/c15-12-2-1-11(13(16)9-12)10-21-8-3-18-14(17)19-4-6-20-7-5-19/h1-2,9H,3-8,10H2,(H2,17,18). The zero-order chi connectivity index (χ0) is 15.1. The van der Waals surface area contributed by atoms with Crippen molar-refractivity contribution in [2.24, 2.45) is 10.7 Å². The summed E-state index contributed by atoms with van der Waals surface area (Å²) >= 11 is 13.8. The highest BCUT2D eigenvalue weighted by Gasteiger charge is 2.11. The van der Waals surface area contributed by atoms with Crippen LogP contribution in [0.4, 0.5) is 0 Å². The molecule has 0 bridgehead atoms. The molecule has 0 aromatic heterocycles. The molecular formula is C14H19Cl2N3OS. The molecule has 0 radical (unpaired) electrons. The number of nitrogens with two attached hydrogens (primary N) is 1. The third-order valence-electron chi connectivity index (χ3n) is 3.12. The number of morpholine rings is 1. The molecule has 7 heteroatoms. The number of halogens is 2. The molecule has 0 amide bonds. The first-order valence-corrected chi connectivity index (χ1v) is 8.72. The van der Waals surface area contributed by atoms with Crippen molar-refractivity contribution in [3.8, 4) is 0 Å². The molecule has 2 rings (SSSR count). The monoisotopic (exact) mass is 347 g/mol.